The molecular formula is C12H13BrFN3O2. The van der Waals surface area contributed by atoms with Gasteiger partial charge in [0.05, 0.1) is 36.0 Å². The lowest BCUT2D eigenvalue weighted by molar-refractivity contribution is 0.352. The molecule has 1 heterocycles. The second kappa shape index (κ2) is 5.08. The zero-order chi connectivity index (χ0) is 14.2. The van der Waals surface area contributed by atoms with Crippen molar-refractivity contribution < 1.29 is 13.9 Å². The Bertz CT molecular complexity index is 628. The zero-order valence-electron chi connectivity index (χ0n) is 10.7. The predicted molar refractivity (Wildman–Crippen MR) is 73.8 cm³/mol. The van der Waals surface area contributed by atoms with Crippen LogP contribution in [0, 0.1) is 5.82 Å². The first-order chi connectivity index (χ1) is 9.01. The van der Waals surface area contributed by atoms with E-state index in [1.54, 1.807) is 7.05 Å². The molecule has 0 saturated heterocycles. The smallest absolute Gasteiger partial charge is 0.175 e. The van der Waals surface area contributed by atoms with Crippen molar-refractivity contribution in [3.63, 3.8) is 0 Å². The third-order valence-corrected chi connectivity index (χ3v) is 3.39. The van der Waals surface area contributed by atoms with E-state index in [0.717, 1.165) is 0 Å². The van der Waals surface area contributed by atoms with Crippen molar-refractivity contribution >= 4 is 21.7 Å². The number of nitrogens with two attached hydrogens (primary N) is 1. The summed E-state index contributed by atoms with van der Waals surface area (Å²) >= 11 is 3.23. The van der Waals surface area contributed by atoms with Crippen LogP contribution in [0.15, 0.2) is 16.7 Å². The maximum absolute atomic E-state index is 14.2. The van der Waals surface area contributed by atoms with E-state index in [1.165, 1.54) is 31.2 Å². The third kappa shape index (κ3) is 2.14. The number of nitrogens with zero attached hydrogens (tertiary/aromatic N) is 2. The molecule has 7 heteroatoms. The molecule has 0 aliphatic carbocycles. The first kappa shape index (κ1) is 13.7. The molecule has 1 aromatic carbocycles. The maximum Gasteiger partial charge on any atom is 0.175 e. The van der Waals surface area contributed by atoms with Crippen LogP contribution in [-0.2, 0) is 7.05 Å². The van der Waals surface area contributed by atoms with Gasteiger partial charge >= 0.3 is 0 Å². The van der Waals surface area contributed by atoms with Gasteiger partial charge in [-0.3, -0.25) is 4.68 Å². The molecule has 0 aliphatic rings. The molecule has 0 saturated carbocycles. The van der Waals surface area contributed by atoms with Gasteiger partial charge in [0.1, 0.15) is 11.6 Å². The van der Waals surface area contributed by atoms with Crippen molar-refractivity contribution in [2.75, 3.05) is 20.0 Å². The van der Waals surface area contributed by atoms with Gasteiger partial charge in [0.15, 0.2) is 11.5 Å². The fourth-order valence-electron chi connectivity index (χ4n) is 1.85. The molecule has 0 atom stereocenters. The monoisotopic (exact) mass is 329 g/mol. The van der Waals surface area contributed by atoms with Gasteiger partial charge in [-0.25, -0.2) is 4.39 Å². The number of aryl methyl sites for hydroxylation is 1. The largest absolute Gasteiger partial charge is 0.492 e. The summed E-state index contributed by atoms with van der Waals surface area (Å²) in [6, 6.07) is 1.31. The Kier molecular flexibility index (Phi) is 3.66. The van der Waals surface area contributed by atoms with Crippen LogP contribution in [-0.4, -0.2) is 24.0 Å². The van der Waals surface area contributed by atoms with E-state index in [2.05, 4.69) is 21.0 Å². The Morgan fingerprint density at radius 3 is 2.42 bits per heavy atom. The number of anilines is 1. The topological polar surface area (TPSA) is 62.3 Å². The quantitative estimate of drug-likeness (QED) is 0.940. The summed E-state index contributed by atoms with van der Waals surface area (Å²) in [7, 11) is 4.61. The van der Waals surface area contributed by atoms with Crippen LogP contribution in [0.5, 0.6) is 11.5 Å². The predicted octanol–water partition coefficient (Wildman–Crippen LogP) is 2.59. The van der Waals surface area contributed by atoms with E-state index in [-0.39, 0.29) is 11.3 Å². The minimum absolute atomic E-state index is 0.230. The molecule has 2 rings (SSSR count). The Labute approximate surface area is 118 Å². The Balaban J connectivity index is 2.79. The number of hydrogen-bond acceptors (Lipinski definition) is 4. The molecule has 5 nitrogen and oxygen atoms in total. The zero-order valence-corrected chi connectivity index (χ0v) is 12.3. The lowest BCUT2D eigenvalue weighted by Crippen LogP contribution is -2.01. The second-order valence-corrected chi connectivity index (χ2v) is 4.70. The highest BCUT2D eigenvalue weighted by Crippen LogP contribution is 2.45. The minimum atomic E-state index is -0.468. The molecular weight excluding hydrogens is 317 g/mol. The summed E-state index contributed by atoms with van der Waals surface area (Å²) in [6.07, 6.45) is 1.49. The molecule has 0 radical (unpaired) electrons. The van der Waals surface area contributed by atoms with Crippen molar-refractivity contribution in [3.05, 3.63) is 22.6 Å². The Morgan fingerprint density at radius 1 is 1.32 bits per heavy atom. The number of ether oxygens (including phenoxy) is 2. The molecule has 0 bridgehead atoms. The van der Waals surface area contributed by atoms with Gasteiger partial charge in [-0.1, -0.05) is 0 Å². The minimum Gasteiger partial charge on any atom is -0.492 e. The van der Waals surface area contributed by atoms with Crippen LogP contribution in [0.1, 0.15) is 0 Å². The number of nitrogen functional groups attached to an aromatic ring is 1. The number of methoxy groups -OCH3 is 2. The fourth-order valence-corrected chi connectivity index (χ4v) is 2.40. The van der Waals surface area contributed by atoms with Crippen molar-refractivity contribution in [1.82, 2.24) is 9.78 Å². The van der Waals surface area contributed by atoms with Crippen LogP contribution >= 0.6 is 15.9 Å². The summed E-state index contributed by atoms with van der Waals surface area (Å²) in [6.45, 7) is 0. The first-order valence-corrected chi connectivity index (χ1v) is 6.18. The molecule has 0 amide bonds. The Hall–Kier alpha value is -1.76. The van der Waals surface area contributed by atoms with E-state index in [0.29, 0.717) is 21.6 Å². The molecule has 0 aliphatic heterocycles. The Morgan fingerprint density at radius 2 is 1.95 bits per heavy atom. The molecule has 1 aromatic heterocycles. The van der Waals surface area contributed by atoms with Crippen molar-refractivity contribution in [2.24, 2.45) is 7.05 Å². The normalized spacial score (nSPS) is 10.6. The maximum atomic E-state index is 14.2. The number of benzene rings is 1. The van der Waals surface area contributed by atoms with Gasteiger partial charge in [0.25, 0.3) is 0 Å². The van der Waals surface area contributed by atoms with Gasteiger partial charge in [0.2, 0.25) is 0 Å². The van der Waals surface area contributed by atoms with Crippen molar-refractivity contribution in [3.8, 4) is 22.6 Å². The molecule has 0 unspecified atom stereocenters. The van der Waals surface area contributed by atoms with E-state index in [1.807, 2.05) is 0 Å². The SMILES string of the molecule is COc1c(Br)cc(F)c(-c2cnn(C)c2N)c1OC. The molecule has 0 fully saturated rings. The first-order valence-electron chi connectivity index (χ1n) is 5.39. The summed E-state index contributed by atoms with van der Waals surface area (Å²) in [5, 5.41) is 4.00. The van der Waals surface area contributed by atoms with E-state index < -0.39 is 5.82 Å². The van der Waals surface area contributed by atoms with E-state index in [9.17, 15) is 4.39 Å². The van der Waals surface area contributed by atoms with Crippen LogP contribution in [0.25, 0.3) is 11.1 Å². The van der Waals surface area contributed by atoms with Crippen LogP contribution in [0.2, 0.25) is 0 Å². The molecule has 2 aromatic rings. The number of aromatic nitrogens is 2. The number of rotatable bonds is 3. The third-order valence-electron chi connectivity index (χ3n) is 2.80. The van der Waals surface area contributed by atoms with E-state index >= 15 is 0 Å². The highest BCUT2D eigenvalue weighted by Gasteiger charge is 2.23. The van der Waals surface area contributed by atoms with E-state index in [4.69, 9.17) is 15.2 Å². The summed E-state index contributed by atoms with van der Waals surface area (Å²) in [4.78, 5) is 0. The van der Waals surface area contributed by atoms with Crippen LogP contribution < -0.4 is 15.2 Å². The number of hydrogen-bond donors (Lipinski definition) is 1. The van der Waals surface area contributed by atoms with Gasteiger partial charge in [-0.05, 0) is 22.0 Å². The van der Waals surface area contributed by atoms with Crippen LogP contribution in [0.4, 0.5) is 10.2 Å². The van der Waals surface area contributed by atoms with Gasteiger partial charge < -0.3 is 15.2 Å². The van der Waals surface area contributed by atoms with Gasteiger partial charge in [-0.15, -0.1) is 0 Å². The number of halogens is 2. The highest BCUT2D eigenvalue weighted by molar-refractivity contribution is 9.10. The summed E-state index contributed by atoms with van der Waals surface area (Å²) < 4.78 is 26.6. The molecule has 19 heavy (non-hydrogen) atoms. The van der Waals surface area contributed by atoms with Gasteiger partial charge in [0, 0.05) is 7.05 Å². The van der Waals surface area contributed by atoms with Gasteiger partial charge in [-0.2, -0.15) is 5.10 Å². The average molecular weight is 330 g/mol. The standard InChI is InChI=1S/C12H13BrFN3O2/c1-17-12(15)6(5-16-17)9-8(14)4-7(13)10(18-2)11(9)19-3/h4-5H,15H2,1-3H3. The van der Waals surface area contributed by atoms with Crippen molar-refractivity contribution in [1.29, 1.82) is 0 Å². The highest BCUT2D eigenvalue weighted by atomic mass is 79.9. The molecule has 2 N–H and O–H groups in total. The molecule has 0 spiro atoms. The fraction of sp³-hybridized carbons (Fsp3) is 0.250. The van der Waals surface area contributed by atoms with Crippen molar-refractivity contribution in [2.45, 2.75) is 0 Å². The molecule has 102 valence electrons. The van der Waals surface area contributed by atoms with Crippen LogP contribution in [0.3, 0.4) is 0 Å². The second-order valence-electron chi connectivity index (χ2n) is 3.85. The lowest BCUT2D eigenvalue weighted by Gasteiger charge is -2.15. The lowest BCUT2D eigenvalue weighted by atomic mass is 10.1. The average Bonchev–Trinajstić information content (AvgIpc) is 2.69. The summed E-state index contributed by atoms with van der Waals surface area (Å²) in [5.41, 5.74) is 6.57. The summed E-state index contributed by atoms with van der Waals surface area (Å²) in [5.74, 6) is 0.557.